The Labute approximate surface area is 266 Å². The molecule has 0 spiro atoms. The molecule has 0 saturated carbocycles. The topological polar surface area (TPSA) is 174 Å². The fourth-order valence-corrected chi connectivity index (χ4v) is 5.74. The van der Waals surface area contributed by atoms with Crippen LogP contribution in [0.3, 0.4) is 0 Å². The molecule has 4 aromatic rings. The van der Waals surface area contributed by atoms with E-state index in [0.717, 1.165) is 44.3 Å². The molecule has 236 valence electrons. The number of aryl methyl sites for hydroxylation is 3. The highest BCUT2D eigenvalue weighted by atomic mass is 32.2. The average Bonchev–Trinajstić information content (AvgIpc) is 3.59. The van der Waals surface area contributed by atoms with Gasteiger partial charge in [-0.15, -0.1) is 54.7 Å². The number of thiazole rings is 2. The second kappa shape index (κ2) is 20.5. The summed E-state index contributed by atoms with van der Waals surface area (Å²) in [7, 11) is 1.54. The Bertz CT molecular complexity index is 1490. The summed E-state index contributed by atoms with van der Waals surface area (Å²) in [6.45, 7) is 6.98. The van der Waals surface area contributed by atoms with Gasteiger partial charge in [0, 0.05) is 16.0 Å². The van der Waals surface area contributed by atoms with E-state index in [1.165, 1.54) is 29.6 Å². The quantitative estimate of drug-likeness (QED) is 0.0765. The van der Waals surface area contributed by atoms with Crippen LogP contribution in [0.1, 0.15) is 55.2 Å². The molecule has 16 heteroatoms. The number of nitrogens with zero attached hydrogens (tertiary/aromatic N) is 4. The number of methoxy groups -OCH3 is 1. The first-order chi connectivity index (χ1) is 21.0. The highest BCUT2D eigenvalue weighted by molar-refractivity contribution is 7.98. The average molecular weight is 665 g/mol. The molecule has 0 radical (unpaired) electrons. The Morgan fingerprint density at radius 1 is 1.00 bits per heavy atom. The van der Waals surface area contributed by atoms with Crippen LogP contribution in [0.15, 0.2) is 58.8 Å². The van der Waals surface area contributed by atoms with E-state index < -0.39 is 16.3 Å². The Balaban J connectivity index is 0.000000328. The minimum absolute atomic E-state index is 0.0179. The Hall–Kier alpha value is -4.41. The van der Waals surface area contributed by atoms with Crippen molar-refractivity contribution in [3.05, 3.63) is 112 Å². The van der Waals surface area contributed by atoms with E-state index in [2.05, 4.69) is 14.8 Å². The maximum absolute atomic E-state index is 10.6. The summed E-state index contributed by atoms with van der Waals surface area (Å²) in [5.74, 6) is 0.623. The van der Waals surface area contributed by atoms with Crippen LogP contribution in [0.5, 0.6) is 5.75 Å². The molecule has 0 N–H and O–H groups in total. The van der Waals surface area contributed by atoms with Gasteiger partial charge < -0.3 is 14.4 Å². The van der Waals surface area contributed by atoms with Crippen molar-refractivity contribution in [2.45, 2.75) is 45.3 Å². The summed E-state index contributed by atoms with van der Waals surface area (Å²) in [5, 5.41) is 22.3. The summed E-state index contributed by atoms with van der Waals surface area (Å²) in [6, 6.07) is 14.5. The minimum atomic E-state index is -0.782. The molecule has 0 amide bonds. The van der Waals surface area contributed by atoms with Crippen LogP contribution >= 0.6 is 34.4 Å². The Morgan fingerprint density at radius 2 is 1.64 bits per heavy atom. The summed E-state index contributed by atoms with van der Waals surface area (Å²) in [5.41, 5.74) is 3.00. The van der Waals surface area contributed by atoms with E-state index in [1.807, 2.05) is 62.7 Å². The molecule has 0 aliphatic heterocycles. The number of carbonyl (C=O) groups excluding carboxylic acids is 2. The first-order valence-corrected chi connectivity index (χ1v) is 15.5. The van der Waals surface area contributed by atoms with Gasteiger partial charge in [-0.3, -0.25) is 9.63 Å². The van der Waals surface area contributed by atoms with E-state index >= 15 is 0 Å². The summed E-state index contributed by atoms with van der Waals surface area (Å²) < 4.78 is 4.90. The van der Waals surface area contributed by atoms with Crippen molar-refractivity contribution in [1.82, 2.24) is 9.97 Å². The third-order valence-corrected chi connectivity index (χ3v) is 7.97. The van der Waals surface area contributed by atoms with Crippen molar-refractivity contribution in [1.29, 1.82) is 0 Å². The van der Waals surface area contributed by atoms with Crippen LogP contribution in [0.25, 0.3) is 0 Å². The molecule has 2 aromatic carbocycles. The Morgan fingerprint density at radius 3 is 2.11 bits per heavy atom. The molecular weight excluding hydrogens is 633 g/mol. The van der Waals surface area contributed by atoms with Gasteiger partial charge in [-0.1, -0.05) is 30.3 Å². The summed E-state index contributed by atoms with van der Waals surface area (Å²) >= 11 is 4.29. The maximum Gasteiger partial charge on any atom is 0.295 e. The smallest absolute Gasteiger partial charge is 0.295 e. The van der Waals surface area contributed by atoms with Crippen molar-refractivity contribution >= 4 is 47.0 Å². The zero-order chi connectivity index (χ0) is 33.1. The summed E-state index contributed by atoms with van der Waals surface area (Å²) in [4.78, 5) is 59.0. The van der Waals surface area contributed by atoms with Crippen LogP contribution < -0.4 is 4.74 Å². The van der Waals surface area contributed by atoms with E-state index in [-0.39, 0.29) is 6.61 Å². The zero-order valence-corrected chi connectivity index (χ0v) is 27.3. The van der Waals surface area contributed by atoms with Crippen molar-refractivity contribution in [3.8, 4) is 5.75 Å². The number of thioether (sulfide) groups is 1. The van der Waals surface area contributed by atoms with Crippen LogP contribution in [0, 0.1) is 41.0 Å². The number of para-hydroxylation sites is 1. The van der Waals surface area contributed by atoms with Crippen LogP contribution in [-0.2, 0) is 21.1 Å². The molecule has 0 aliphatic rings. The molecular formula is C28H32N4O9S3. The molecule has 0 bridgehead atoms. The number of rotatable bonds is 10. The van der Waals surface area contributed by atoms with Crippen molar-refractivity contribution in [2.75, 3.05) is 13.4 Å². The molecule has 2 aromatic heterocycles. The highest BCUT2D eigenvalue weighted by Gasteiger charge is 2.26. The molecule has 0 fully saturated rings. The van der Waals surface area contributed by atoms with Gasteiger partial charge in [0.1, 0.15) is 23.7 Å². The lowest BCUT2D eigenvalue weighted by molar-refractivity contribution is -0.768. The van der Waals surface area contributed by atoms with Gasteiger partial charge in [0.2, 0.25) is 0 Å². The fraction of sp³-hybridized carbons (Fsp3) is 0.286. The normalized spacial score (nSPS) is 10.2. The third kappa shape index (κ3) is 13.3. The lowest BCUT2D eigenvalue weighted by Gasteiger charge is -2.10. The number of benzene rings is 2. The number of aromatic nitrogens is 2. The first kappa shape index (κ1) is 37.6. The van der Waals surface area contributed by atoms with Crippen LogP contribution in [-0.4, -0.2) is 46.1 Å². The molecule has 0 saturated heterocycles. The highest BCUT2D eigenvalue weighted by Crippen LogP contribution is 2.34. The van der Waals surface area contributed by atoms with Gasteiger partial charge in [0.25, 0.3) is 10.2 Å². The largest absolute Gasteiger partial charge is 0.496 e. The standard InChI is InChI=1S/C10H11N3O3S2.C8H9NO3S.C8H8O2.C2H4O/c1-5-4-17-10(11-5)8(16-13(14)15)9-6(2)12-7(3)18-9;1-13-8-5-3-2-4-7(8)6-12-9(10)11;1-10-8-5-3-2-4-7(8)6-9;1-2-3/h4,8H,1-3H3;2-5H,6H2,1H3;2-6H,1H3;2H,1H3. The third-order valence-electron chi connectivity index (χ3n) is 5.01. The van der Waals surface area contributed by atoms with Crippen molar-refractivity contribution < 1.29 is 34.2 Å². The van der Waals surface area contributed by atoms with Gasteiger partial charge in [-0.05, 0) is 57.7 Å². The number of hydrogen-bond acceptors (Lipinski definition) is 14. The Kier molecular flexibility index (Phi) is 17.5. The number of carbonyl (C=O) groups is 2. The molecule has 2 heterocycles. The van der Waals surface area contributed by atoms with Gasteiger partial charge in [-0.2, -0.15) is 0 Å². The van der Waals surface area contributed by atoms with Crippen LogP contribution in [0.4, 0.5) is 0 Å². The molecule has 1 atom stereocenters. The second-order valence-electron chi connectivity index (χ2n) is 8.12. The number of ether oxygens (including phenoxy) is 1. The van der Waals surface area contributed by atoms with Crippen molar-refractivity contribution in [3.63, 3.8) is 0 Å². The van der Waals surface area contributed by atoms with Gasteiger partial charge in [0.15, 0.2) is 12.4 Å². The van der Waals surface area contributed by atoms with Crippen LogP contribution in [0.2, 0.25) is 0 Å². The van der Waals surface area contributed by atoms with Gasteiger partial charge in [-0.25, -0.2) is 9.97 Å². The molecule has 44 heavy (non-hydrogen) atoms. The molecule has 13 nitrogen and oxygen atoms in total. The minimum Gasteiger partial charge on any atom is -0.496 e. The van der Waals surface area contributed by atoms with E-state index in [9.17, 15) is 25.0 Å². The van der Waals surface area contributed by atoms with Gasteiger partial charge in [0.05, 0.1) is 28.3 Å². The number of aldehydes is 2. The lowest BCUT2D eigenvalue weighted by Crippen LogP contribution is -2.10. The lowest BCUT2D eigenvalue weighted by atomic mass is 10.2. The first-order valence-electron chi connectivity index (χ1n) is 12.5. The zero-order valence-electron chi connectivity index (χ0n) is 24.8. The molecule has 1 unspecified atom stereocenters. The molecule has 4 rings (SSSR count). The second-order valence-corrected chi connectivity index (χ2v) is 11.1. The SMILES string of the molecule is CC=O.COc1ccccc1C=O.CSc1ccccc1CO[N+](=O)[O-].Cc1csc(C(O[N+](=O)[O-])c2sc(C)nc2C)n1. The fourth-order valence-electron chi connectivity index (χ4n) is 3.28. The summed E-state index contributed by atoms with van der Waals surface area (Å²) in [6.07, 6.45) is 2.68. The van der Waals surface area contributed by atoms with E-state index in [4.69, 9.17) is 14.4 Å². The van der Waals surface area contributed by atoms with E-state index in [0.29, 0.717) is 16.3 Å². The predicted molar refractivity (Wildman–Crippen MR) is 168 cm³/mol. The van der Waals surface area contributed by atoms with E-state index in [1.54, 1.807) is 37.1 Å². The predicted octanol–water partition coefficient (Wildman–Crippen LogP) is 6.65. The van der Waals surface area contributed by atoms with Crippen molar-refractivity contribution in [2.24, 2.45) is 0 Å². The van der Waals surface area contributed by atoms with Gasteiger partial charge >= 0.3 is 0 Å². The maximum atomic E-state index is 10.6. The number of hydrogen-bond donors (Lipinski definition) is 0. The molecule has 0 aliphatic carbocycles. The monoisotopic (exact) mass is 664 g/mol.